The Labute approximate surface area is 129 Å². The van der Waals surface area contributed by atoms with Gasteiger partial charge in [-0.1, -0.05) is 12.8 Å². The summed E-state index contributed by atoms with van der Waals surface area (Å²) in [7, 11) is 0. The second kappa shape index (κ2) is 6.25. The highest BCUT2D eigenvalue weighted by atomic mass is 16.2. The Balaban J connectivity index is 1.53. The van der Waals surface area contributed by atoms with Crippen molar-refractivity contribution in [2.75, 3.05) is 32.7 Å². The molecule has 3 aliphatic rings. The monoisotopic (exact) mass is 293 g/mol. The Hall–Kier alpha value is -0.610. The standard InChI is InChI=1S/C17H31N3O/c1-17(18)8-3-2-6-15(17)16(21)20-11-7-14(13-20)12-19-9-4-5-10-19/h14-15H,2-13,18H2,1H3. The van der Waals surface area contributed by atoms with Crippen molar-refractivity contribution >= 4 is 5.91 Å². The summed E-state index contributed by atoms with van der Waals surface area (Å²) >= 11 is 0. The Morgan fingerprint density at radius 1 is 1.14 bits per heavy atom. The van der Waals surface area contributed by atoms with Crippen LogP contribution in [0.3, 0.4) is 0 Å². The maximum Gasteiger partial charge on any atom is 0.227 e. The third-order valence-corrected chi connectivity index (χ3v) is 5.86. The van der Waals surface area contributed by atoms with Gasteiger partial charge in [0.2, 0.25) is 5.91 Å². The van der Waals surface area contributed by atoms with Gasteiger partial charge in [-0.05, 0) is 58.0 Å². The molecular weight excluding hydrogens is 262 g/mol. The van der Waals surface area contributed by atoms with Gasteiger partial charge in [0, 0.05) is 25.2 Å². The molecule has 2 N–H and O–H groups in total. The van der Waals surface area contributed by atoms with Crippen LogP contribution in [-0.4, -0.2) is 54.0 Å². The van der Waals surface area contributed by atoms with Crippen LogP contribution in [0.25, 0.3) is 0 Å². The van der Waals surface area contributed by atoms with Crippen molar-refractivity contribution in [2.24, 2.45) is 17.6 Å². The molecule has 2 heterocycles. The highest BCUT2D eigenvalue weighted by Gasteiger charge is 2.41. The summed E-state index contributed by atoms with van der Waals surface area (Å²) in [5.74, 6) is 1.07. The van der Waals surface area contributed by atoms with Crippen LogP contribution in [0.5, 0.6) is 0 Å². The average Bonchev–Trinajstić information content (AvgIpc) is 3.10. The predicted molar refractivity (Wildman–Crippen MR) is 84.9 cm³/mol. The molecule has 21 heavy (non-hydrogen) atoms. The quantitative estimate of drug-likeness (QED) is 0.864. The molecule has 0 bridgehead atoms. The molecular formula is C17H31N3O. The molecule has 3 fully saturated rings. The van der Waals surface area contributed by atoms with Crippen molar-refractivity contribution < 1.29 is 4.79 Å². The minimum atomic E-state index is -0.289. The van der Waals surface area contributed by atoms with E-state index in [2.05, 4.69) is 16.7 Å². The topological polar surface area (TPSA) is 49.6 Å². The SMILES string of the molecule is CC1(N)CCCCC1C(=O)N1CCC(CN2CCCC2)C1. The van der Waals surface area contributed by atoms with Gasteiger partial charge in [-0.2, -0.15) is 0 Å². The van der Waals surface area contributed by atoms with Crippen LogP contribution in [0.15, 0.2) is 0 Å². The van der Waals surface area contributed by atoms with Gasteiger partial charge in [0.1, 0.15) is 0 Å². The van der Waals surface area contributed by atoms with E-state index < -0.39 is 0 Å². The van der Waals surface area contributed by atoms with E-state index in [-0.39, 0.29) is 11.5 Å². The Kier molecular flexibility index (Phi) is 4.55. The maximum atomic E-state index is 12.8. The third kappa shape index (κ3) is 3.42. The predicted octanol–water partition coefficient (Wildman–Crippen LogP) is 1.84. The fourth-order valence-electron chi connectivity index (χ4n) is 4.50. The highest BCUT2D eigenvalue weighted by molar-refractivity contribution is 5.80. The van der Waals surface area contributed by atoms with E-state index in [1.165, 1.54) is 45.3 Å². The van der Waals surface area contributed by atoms with Gasteiger partial charge < -0.3 is 15.5 Å². The van der Waals surface area contributed by atoms with Crippen LogP contribution >= 0.6 is 0 Å². The summed E-state index contributed by atoms with van der Waals surface area (Å²) in [5, 5.41) is 0. The van der Waals surface area contributed by atoms with Crippen molar-refractivity contribution in [1.82, 2.24) is 9.80 Å². The van der Waals surface area contributed by atoms with Crippen molar-refractivity contribution in [1.29, 1.82) is 0 Å². The van der Waals surface area contributed by atoms with Crippen LogP contribution in [0.2, 0.25) is 0 Å². The molecule has 3 unspecified atom stereocenters. The Bertz CT molecular complexity index is 376. The Morgan fingerprint density at radius 2 is 1.90 bits per heavy atom. The molecule has 2 saturated heterocycles. The lowest BCUT2D eigenvalue weighted by atomic mass is 9.74. The first kappa shape index (κ1) is 15.3. The zero-order chi connectivity index (χ0) is 14.9. The van der Waals surface area contributed by atoms with Crippen molar-refractivity contribution in [3.05, 3.63) is 0 Å². The lowest BCUT2D eigenvalue weighted by Crippen LogP contribution is -2.53. The number of nitrogens with zero attached hydrogens (tertiary/aromatic N) is 2. The minimum Gasteiger partial charge on any atom is -0.342 e. The smallest absolute Gasteiger partial charge is 0.227 e. The van der Waals surface area contributed by atoms with E-state index in [9.17, 15) is 4.79 Å². The lowest BCUT2D eigenvalue weighted by molar-refractivity contribution is -0.138. The molecule has 4 nitrogen and oxygen atoms in total. The molecule has 1 saturated carbocycles. The summed E-state index contributed by atoms with van der Waals surface area (Å²) in [6.45, 7) is 7.69. The lowest BCUT2D eigenvalue weighted by Gasteiger charge is -2.39. The number of carbonyl (C=O) groups excluding carboxylic acids is 1. The molecule has 2 aliphatic heterocycles. The molecule has 3 atom stereocenters. The van der Waals surface area contributed by atoms with E-state index in [0.717, 1.165) is 32.4 Å². The molecule has 1 amide bonds. The average molecular weight is 293 g/mol. The van der Waals surface area contributed by atoms with Gasteiger partial charge >= 0.3 is 0 Å². The van der Waals surface area contributed by atoms with E-state index in [4.69, 9.17) is 5.73 Å². The summed E-state index contributed by atoms with van der Waals surface area (Å²) in [4.78, 5) is 17.5. The number of nitrogens with two attached hydrogens (primary N) is 1. The van der Waals surface area contributed by atoms with Crippen LogP contribution < -0.4 is 5.73 Å². The number of amides is 1. The van der Waals surface area contributed by atoms with E-state index in [1.807, 2.05) is 0 Å². The molecule has 3 rings (SSSR count). The van der Waals surface area contributed by atoms with Gasteiger partial charge in [-0.3, -0.25) is 4.79 Å². The summed E-state index contributed by atoms with van der Waals surface area (Å²) in [6, 6.07) is 0. The minimum absolute atomic E-state index is 0.0526. The zero-order valence-electron chi connectivity index (χ0n) is 13.5. The second-order valence-electron chi connectivity index (χ2n) is 7.75. The van der Waals surface area contributed by atoms with E-state index in [0.29, 0.717) is 11.8 Å². The van der Waals surface area contributed by atoms with Gasteiger partial charge in [0.25, 0.3) is 0 Å². The molecule has 0 spiro atoms. The Morgan fingerprint density at radius 3 is 2.62 bits per heavy atom. The fraction of sp³-hybridized carbons (Fsp3) is 0.941. The third-order valence-electron chi connectivity index (χ3n) is 5.86. The van der Waals surface area contributed by atoms with Crippen LogP contribution in [0.1, 0.15) is 51.9 Å². The molecule has 0 radical (unpaired) electrons. The number of rotatable bonds is 3. The maximum absolute atomic E-state index is 12.8. The van der Waals surface area contributed by atoms with Gasteiger partial charge in [-0.25, -0.2) is 0 Å². The summed E-state index contributed by atoms with van der Waals surface area (Å²) in [6.07, 6.45) is 8.19. The molecule has 0 aromatic heterocycles. The van der Waals surface area contributed by atoms with Crippen LogP contribution in [0.4, 0.5) is 0 Å². The molecule has 1 aliphatic carbocycles. The van der Waals surface area contributed by atoms with Gasteiger partial charge in [-0.15, -0.1) is 0 Å². The summed E-state index contributed by atoms with van der Waals surface area (Å²) in [5.41, 5.74) is 6.11. The van der Waals surface area contributed by atoms with Crippen LogP contribution in [0, 0.1) is 11.8 Å². The first-order chi connectivity index (χ1) is 10.1. The largest absolute Gasteiger partial charge is 0.342 e. The summed E-state index contributed by atoms with van der Waals surface area (Å²) < 4.78 is 0. The highest BCUT2D eigenvalue weighted by Crippen LogP contribution is 2.34. The van der Waals surface area contributed by atoms with Crippen molar-refractivity contribution in [2.45, 2.75) is 57.4 Å². The fourth-order valence-corrected chi connectivity index (χ4v) is 4.50. The van der Waals surface area contributed by atoms with E-state index >= 15 is 0 Å². The molecule has 0 aromatic rings. The van der Waals surface area contributed by atoms with Crippen LogP contribution in [-0.2, 0) is 4.79 Å². The first-order valence-corrected chi connectivity index (χ1v) is 8.86. The number of likely N-dealkylation sites (tertiary alicyclic amines) is 2. The molecule has 120 valence electrons. The number of hydrogen-bond donors (Lipinski definition) is 1. The molecule has 4 heteroatoms. The van der Waals surface area contributed by atoms with Gasteiger partial charge in [0.05, 0.1) is 5.92 Å². The molecule has 0 aromatic carbocycles. The van der Waals surface area contributed by atoms with Gasteiger partial charge in [0.15, 0.2) is 0 Å². The van der Waals surface area contributed by atoms with Crippen molar-refractivity contribution in [3.63, 3.8) is 0 Å². The number of carbonyl (C=O) groups is 1. The van der Waals surface area contributed by atoms with E-state index in [1.54, 1.807) is 0 Å². The second-order valence-corrected chi connectivity index (χ2v) is 7.75. The number of hydrogen-bond acceptors (Lipinski definition) is 3. The first-order valence-electron chi connectivity index (χ1n) is 8.86. The van der Waals surface area contributed by atoms with Crippen molar-refractivity contribution in [3.8, 4) is 0 Å². The zero-order valence-corrected chi connectivity index (χ0v) is 13.5. The normalized spacial score (nSPS) is 38.1.